The lowest BCUT2D eigenvalue weighted by Gasteiger charge is -2.12. The molecule has 0 aromatic heterocycles. The average molecular weight is 406 g/mol. The Morgan fingerprint density at radius 3 is 2.32 bits per heavy atom. The summed E-state index contributed by atoms with van der Waals surface area (Å²) >= 11 is 0. The van der Waals surface area contributed by atoms with Crippen molar-refractivity contribution in [3.63, 3.8) is 0 Å². The Kier molecular flexibility index (Phi) is 7.00. The van der Waals surface area contributed by atoms with E-state index in [0.29, 0.717) is 22.7 Å². The Hall–Kier alpha value is -3.07. The third-order valence-electron chi connectivity index (χ3n) is 3.71. The van der Waals surface area contributed by atoms with E-state index in [2.05, 4.69) is 10.6 Å². The van der Waals surface area contributed by atoms with Crippen LogP contribution in [0.25, 0.3) is 0 Å². The first-order valence-electron chi connectivity index (χ1n) is 8.43. The number of carbonyl (C=O) groups is 2. The van der Waals surface area contributed by atoms with Crippen LogP contribution in [0.4, 0.5) is 11.4 Å². The molecule has 150 valence electrons. The van der Waals surface area contributed by atoms with Gasteiger partial charge in [0.05, 0.1) is 36.4 Å². The molecule has 0 aliphatic rings. The molecule has 8 nitrogen and oxygen atoms in total. The van der Waals surface area contributed by atoms with E-state index in [1.165, 1.54) is 19.2 Å². The van der Waals surface area contributed by atoms with Gasteiger partial charge in [0.25, 0.3) is 0 Å². The van der Waals surface area contributed by atoms with Crippen LogP contribution < -0.4 is 15.4 Å². The smallest absolute Gasteiger partial charge is 0.338 e. The van der Waals surface area contributed by atoms with Crippen molar-refractivity contribution < 1.29 is 27.5 Å². The van der Waals surface area contributed by atoms with Crippen molar-refractivity contribution >= 4 is 33.1 Å². The summed E-state index contributed by atoms with van der Waals surface area (Å²) in [5.74, 6) is -0.411. The van der Waals surface area contributed by atoms with Crippen LogP contribution in [0.1, 0.15) is 17.3 Å². The summed E-state index contributed by atoms with van der Waals surface area (Å²) in [7, 11) is -2.07. The molecule has 1 amide bonds. The molecule has 2 N–H and O–H groups in total. The second kappa shape index (κ2) is 9.23. The number of carbonyl (C=O) groups excluding carboxylic acids is 2. The van der Waals surface area contributed by atoms with E-state index < -0.39 is 15.8 Å². The summed E-state index contributed by atoms with van der Waals surface area (Å²) < 4.78 is 33.9. The van der Waals surface area contributed by atoms with Crippen LogP contribution in [0.3, 0.4) is 0 Å². The van der Waals surface area contributed by atoms with E-state index in [4.69, 9.17) is 9.47 Å². The number of nitrogens with one attached hydrogen (secondary N) is 2. The molecule has 0 saturated heterocycles. The zero-order valence-electron chi connectivity index (χ0n) is 15.8. The zero-order chi connectivity index (χ0) is 20.7. The fraction of sp³-hybridized carbons (Fsp3) is 0.263. The molecular weight excluding hydrogens is 384 g/mol. The molecule has 9 heteroatoms. The first-order chi connectivity index (χ1) is 13.2. The van der Waals surface area contributed by atoms with E-state index in [9.17, 15) is 18.0 Å². The Balaban J connectivity index is 2.02. The van der Waals surface area contributed by atoms with Crippen LogP contribution in [0.5, 0.6) is 5.75 Å². The zero-order valence-corrected chi connectivity index (χ0v) is 16.6. The standard InChI is InChI=1S/C19H22N2O6S/c1-4-27-19(23)13-5-7-14(8-6-13)21-18(22)12-20-16-10-9-15(26-2)11-17(16)28(3,24)25/h5-11,20H,4,12H2,1-3H3,(H,21,22). The van der Waals surface area contributed by atoms with Gasteiger partial charge in [-0.15, -0.1) is 0 Å². The number of amides is 1. The predicted octanol–water partition coefficient (Wildman–Crippen LogP) is 2.33. The van der Waals surface area contributed by atoms with Crippen LogP contribution in [-0.4, -0.2) is 46.8 Å². The van der Waals surface area contributed by atoms with Crippen molar-refractivity contribution in [1.29, 1.82) is 0 Å². The van der Waals surface area contributed by atoms with Crippen LogP contribution >= 0.6 is 0 Å². The molecule has 0 saturated carbocycles. The lowest BCUT2D eigenvalue weighted by molar-refractivity contribution is -0.114. The van der Waals surface area contributed by atoms with Crippen molar-refractivity contribution in [3.8, 4) is 5.75 Å². The van der Waals surface area contributed by atoms with Gasteiger partial charge in [-0.25, -0.2) is 13.2 Å². The predicted molar refractivity (Wildman–Crippen MR) is 106 cm³/mol. The summed E-state index contributed by atoms with van der Waals surface area (Å²) in [6, 6.07) is 10.8. The van der Waals surface area contributed by atoms with Crippen LogP contribution in [0.15, 0.2) is 47.4 Å². The molecule has 0 aliphatic heterocycles. The Morgan fingerprint density at radius 1 is 1.07 bits per heavy atom. The van der Waals surface area contributed by atoms with Gasteiger partial charge in [-0.1, -0.05) is 0 Å². The number of hydrogen-bond acceptors (Lipinski definition) is 7. The number of anilines is 2. The minimum Gasteiger partial charge on any atom is -0.497 e. The summed E-state index contributed by atoms with van der Waals surface area (Å²) in [6.07, 6.45) is 1.08. The van der Waals surface area contributed by atoms with Crippen molar-refractivity contribution in [3.05, 3.63) is 48.0 Å². The Morgan fingerprint density at radius 2 is 1.75 bits per heavy atom. The minimum absolute atomic E-state index is 0.0402. The normalized spacial score (nSPS) is 10.8. The molecule has 0 heterocycles. The van der Waals surface area contributed by atoms with Gasteiger partial charge < -0.3 is 20.1 Å². The van der Waals surface area contributed by atoms with Crippen molar-refractivity contribution in [2.45, 2.75) is 11.8 Å². The first kappa shape index (κ1) is 21.2. The van der Waals surface area contributed by atoms with Gasteiger partial charge in [-0.3, -0.25) is 4.79 Å². The maximum atomic E-state index is 12.2. The second-order valence-electron chi connectivity index (χ2n) is 5.83. The molecule has 2 aromatic carbocycles. The molecule has 0 radical (unpaired) electrons. The van der Waals surface area contributed by atoms with Gasteiger partial charge >= 0.3 is 5.97 Å². The van der Waals surface area contributed by atoms with E-state index in [1.807, 2.05) is 0 Å². The number of esters is 1. The summed E-state index contributed by atoms with van der Waals surface area (Å²) in [5, 5.41) is 5.48. The molecule has 28 heavy (non-hydrogen) atoms. The Labute approximate surface area is 163 Å². The highest BCUT2D eigenvalue weighted by Gasteiger charge is 2.15. The SMILES string of the molecule is CCOC(=O)c1ccc(NC(=O)CNc2ccc(OC)cc2S(C)(=O)=O)cc1. The Bertz CT molecular complexity index is 955. The van der Waals surface area contributed by atoms with Gasteiger partial charge in [0.15, 0.2) is 9.84 Å². The fourth-order valence-electron chi connectivity index (χ4n) is 2.37. The highest BCUT2D eigenvalue weighted by atomic mass is 32.2. The summed E-state index contributed by atoms with van der Waals surface area (Å²) in [4.78, 5) is 23.8. The van der Waals surface area contributed by atoms with Crippen LogP contribution in [0, 0.1) is 0 Å². The highest BCUT2D eigenvalue weighted by Crippen LogP contribution is 2.26. The molecule has 2 rings (SSSR count). The quantitative estimate of drug-likeness (QED) is 0.647. The third-order valence-corrected chi connectivity index (χ3v) is 4.84. The summed E-state index contributed by atoms with van der Waals surface area (Å²) in [6.45, 7) is 1.86. The number of ether oxygens (including phenoxy) is 2. The molecule has 0 unspecified atom stereocenters. The fourth-order valence-corrected chi connectivity index (χ4v) is 3.24. The van der Waals surface area contributed by atoms with E-state index in [1.54, 1.807) is 37.3 Å². The number of methoxy groups -OCH3 is 1. The van der Waals surface area contributed by atoms with E-state index in [-0.39, 0.29) is 24.0 Å². The van der Waals surface area contributed by atoms with Gasteiger partial charge in [-0.05, 0) is 43.3 Å². The van der Waals surface area contributed by atoms with Gasteiger partial charge in [0.1, 0.15) is 5.75 Å². The molecule has 0 atom stereocenters. The number of sulfone groups is 1. The summed E-state index contributed by atoms with van der Waals surface area (Å²) in [5.41, 5.74) is 1.18. The lowest BCUT2D eigenvalue weighted by atomic mass is 10.2. The lowest BCUT2D eigenvalue weighted by Crippen LogP contribution is -2.22. The molecule has 0 bridgehead atoms. The number of hydrogen-bond donors (Lipinski definition) is 2. The average Bonchev–Trinajstić information content (AvgIpc) is 2.66. The molecule has 0 fully saturated rings. The third kappa shape index (κ3) is 5.71. The van der Waals surface area contributed by atoms with E-state index >= 15 is 0 Å². The topological polar surface area (TPSA) is 111 Å². The molecular formula is C19H22N2O6S. The van der Waals surface area contributed by atoms with Crippen molar-refractivity contribution in [2.75, 3.05) is 37.2 Å². The maximum absolute atomic E-state index is 12.2. The van der Waals surface area contributed by atoms with Crippen LogP contribution in [0.2, 0.25) is 0 Å². The maximum Gasteiger partial charge on any atom is 0.338 e. The number of benzene rings is 2. The van der Waals surface area contributed by atoms with Gasteiger partial charge in [0, 0.05) is 18.0 Å². The number of rotatable bonds is 8. The highest BCUT2D eigenvalue weighted by molar-refractivity contribution is 7.90. The second-order valence-corrected chi connectivity index (χ2v) is 7.82. The van der Waals surface area contributed by atoms with Crippen molar-refractivity contribution in [2.24, 2.45) is 0 Å². The van der Waals surface area contributed by atoms with Gasteiger partial charge in [-0.2, -0.15) is 0 Å². The molecule has 2 aromatic rings. The van der Waals surface area contributed by atoms with Gasteiger partial charge in [0.2, 0.25) is 5.91 Å². The minimum atomic E-state index is -3.51. The van der Waals surface area contributed by atoms with E-state index in [0.717, 1.165) is 6.26 Å². The van der Waals surface area contributed by atoms with Crippen LogP contribution in [-0.2, 0) is 19.4 Å². The molecule has 0 aliphatic carbocycles. The molecule has 0 spiro atoms. The van der Waals surface area contributed by atoms with Crippen molar-refractivity contribution in [1.82, 2.24) is 0 Å². The first-order valence-corrected chi connectivity index (χ1v) is 10.3. The largest absolute Gasteiger partial charge is 0.497 e. The monoisotopic (exact) mass is 406 g/mol.